The van der Waals surface area contributed by atoms with E-state index in [2.05, 4.69) is 19.1 Å². The molecule has 2 saturated carbocycles. The van der Waals surface area contributed by atoms with Crippen LogP contribution in [0.4, 0.5) is 0 Å². The molecule has 6 heteroatoms. The molecule has 0 amide bonds. The second-order valence-electron chi connectivity index (χ2n) is 10.9. The van der Waals surface area contributed by atoms with Crippen LogP contribution in [0.5, 0.6) is 5.75 Å². The molecular formula is C29H32O5S. The van der Waals surface area contributed by atoms with E-state index < -0.39 is 10.1 Å². The van der Waals surface area contributed by atoms with Gasteiger partial charge in [-0.15, -0.1) is 0 Å². The Balaban J connectivity index is 1.52. The first-order chi connectivity index (χ1) is 16.7. The normalized spacial score (nSPS) is 29.9. The highest BCUT2D eigenvalue weighted by Gasteiger charge is 2.54. The molecule has 0 heterocycles. The van der Waals surface area contributed by atoms with Crippen LogP contribution in [0.1, 0.15) is 56.1 Å². The lowest BCUT2D eigenvalue weighted by Crippen LogP contribution is -2.43. The third-order valence-electron chi connectivity index (χ3n) is 9.43. The van der Waals surface area contributed by atoms with Crippen molar-refractivity contribution in [2.45, 2.75) is 62.4 Å². The van der Waals surface area contributed by atoms with Crippen molar-refractivity contribution in [2.24, 2.45) is 17.3 Å². The van der Waals surface area contributed by atoms with E-state index >= 15 is 0 Å². The van der Waals surface area contributed by atoms with Gasteiger partial charge in [-0.25, -0.2) is 0 Å². The zero-order chi connectivity index (χ0) is 24.5. The lowest BCUT2D eigenvalue weighted by Gasteiger charge is -2.50. The Hall–Kier alpha value is -2.41. The second-order valence-corrected chi connectivity index (χ2v) is 12.3. The van der Waals surface area contributed by atoms with Crippen LogP contribution < -0.4 is 4.74 Å². The smallest absolute Gasteiger partial charge is 0.295 e. The van der Waals surface area contributed by atoms with Gasteiger partial charge in [0.05, 0.1) is 13.2 Å². The number of benzene rings is 3. The van der Waals surface area contributed by atoms with Gasteiger partial charge in [-0.1, -0.05) is 37.3 Å². The molecule has 3 aliphatic rings. The van der Waals surface area contributed by atoms with Gasteiger partial charge in [0.25, 0.3) is 10.1 Å². The molecular weight excluding hydrogens is 460 g/mol. The van der Waals surface area contributed by atoms with E-state index in [1.54, 1.807) is 13.2 Å². The molecule has 184 valence electrons. The fourth-order valence-electron chi connectivity index (χ4n) is 7.68. The molecule has 0 aliphatic heterocycles. The molecule has 5 nitrogen and oxygen atoms in total. The van der Waals surface area contributed by atoms with Crippen LogP contribution in [0, 0.1) is 17.3 Å². The number of hydrogen-bond acceptors (Lipinski definition) is 4. The number of methoxy groups -OCH3 is 1. The maximum Gasteiger partial charge on any atom is 0.295 e. The molecule has 0 spiro atoms. The average molecular weight is 493 g/mol. The van der Waals surface area contributed by atoms with E-state index in [-0.39, 0.29) is 16.4 Å². The van der Waals surface area contributed by atoms with E-state index in [1.165, 1.54) is 17.2 Å². The molecule has 0 aromatic heterocycles. The summed E-state index contributed by atoms with van der Waals surface area (Å²) in [5.41, 5.74) is 3.75. The van der Waals surface area contributed by atoms with Gasteiger partial charge in [0.2, 0.25) is 0 Å². The van der Waals surface area contributed by atoms with Crippen molar-refractivity contribution in [2.75, 3.05) is 7.11 Å². The van der Waals surface area contributed by atoms with E-state index in [4.69, 9.17) is 4.74 Å². The fourth-order valence-corrected chi connectivity index (χ4v) is 8.40. The van der Waals surface area contributed by atoms with Crippen molar-refractivity contribution >= 4 is 20.9 Å². The summed E-state index contributed by atoms with van der Waals surface area (Å²) in [6.07, 6.45) is 5.88. The third-order valence-corrected chi connectivity index (χ3v) is 10.3. The summed E-state index contributed by atoms with van der Waals surface area (Å²) in [5, 5.41) is 12.4. The Morgan fingerprint density at radius 1 is 1.03 bits per heavy atom. The second kappa shape index (κ2) is 8.05. The first kappa shape index (κ1) is 23.0. The van der Waals surface area contributed by atoms with Crippen LogP contribution >= 0.6 is 0 Å². The Labute approximate surface area is 206 Å². The standard InChI is InChI=1S/C29H32O5S/c1-29-14-13-20-21(24(29)10-12-27(29)30)9-7-18-15-23(25(34-2)16-22(18)20)28-19-6-4-3-5-17(19)8-11-26(28)35(31,32)33/h3-6,8,11,15-16,20-21,24,27,30H,7,9-10,12-14H2,1-2H3,(H,31,32,33)/t20?,21?,24?,27-,29-/m0/s1. The highest BCUT2D eigenvalue weighted by atomic mass is 32.2. The number of aliphatic hydroxyl groups is 1. The van der Waals surface area contributed by atoms with Gasteiger partial charge in [0.1, 0.15) is 10.6 Å². The summed E-state index contributed by atoms with van der Waals surface area (Å²) in [4.78, 5) is -0.100. The van der Waals surface area contributed by atoms with Crippen LogP contribution in [0.15, 0.2) is 53.4 Å². The predicted molar refractivity (Wildman–Crippen MR) is 136 cm³/mol. The van der Waals surface area contributed by atoms with Crippen molar-refractivity contribution in [3.63, 3.8) is 0 Å². The molecule has 0 saturated heterocycles. The summed E-state index contributed by atoms with van der Waals surface area (Å²) in [7, 11) is -2.82. The molecule has 6 rings (SSSR count). The fraction of sp³-hybridized carbons (Fsp3) is 0.448. The van der Waals surface area contributed by atoms with Crippen molar-refractivity contribution in [3.05, 3.63) is 59.7 Å². The monoisotopic (exact) mass is 492 g/mol. The number of aliphatic hydroxyl groups excluding tert-OH is 1. The summed E-state index contributed by atoms with van der Waals surface area (Å²) in [6.45, 7) is 2.28. The summed E-state index contributed by atoms with van der Waals surface area (Å²) < 4.78 is 40.8. The lowest BCUT2D eigenvalue weighted by atomic mass is 9.55. The van der Waals surface area contributed by atoms with E-state index in [0.29, 0.717) is 34.6 Å². The lowest BCUT2D eigenvalue weighted by molar-refractivity contribution is -0.0226. The van der Waals surface area contributed by atoms with Gasteiger partial charge in [-0.3, -0.25) is 4.55 Å². The van der Waals surface area contributed by atoms with E-state index in [9.17, 15) is 18.1 Å². The summed E-state index contributed by atoms with van der Waals surface area (Å²) in [5.74, 6) is 2.16. The topological polar surface area (TPSA) is 83.8 Å². The largest absolute Gasteiger partial charge is 0.496 e. The number of rotatable bonds is 3. The molecule has 0 bridgehead atoms. The highest BCUT2D eigenvalue weighted by Crippen LogP contribution is 2.61. The molecule has 2 N–H and O–H groups in total. The Morgan fingerprint density at radius 3 is 2.60 bits per heavy atom. The number of fused-ring (bicyclic) bond motifs is 6. The van der Waals surface area contributed by atoms with Gasteiger partial charge >= 0.3 is 0 Å². The van der Waals surface area contributed by atoms with Gasteiger partial charge in [0, 0.05) is 11.1 Å². The molecule has 35 heavy (non-hydrogen) atoms. The molecule has 3 aliphatic carbocycles. The first-order valence-electron chi connectivity index (χ1n) is 12.6. The minimum atomic E-state index is -4.44. The molecule has 2 fully saturated rings. The van der Waals surface area contributed by atoms with Crippen molar-refractivity contribution in [1.82, 2.24) is 0 Å². The van der Waals surface area contributed by atoms with Gasteiger partial charge in [0.15, 0.2) is 0 Å². The predicted octanol–water partition coefficient (Wildman–Crippen LogP) is 5.98. The summed E-state index contributed by atoms with van der Waals surface area (Å²) in [6, 6.07) is 15.0. The first-order valence-corrected chi connectivity index (χ1v) is 14.0. The van der Waals surface area contributed by atoms with Crippen LogP contribution in [-0.4, -0.2) is 31.3 Å². The van der Waals surface area contributed by atoms with E-state index in [0.717, 1.165) is 49.3 Å². The molecule has 3 aromatic rings. The zero-order valence-corrected chi connectivity index (χ0v) is 21.0. The minimum absolute atomic E-state index is 0.0238. The quantitative estimate of drug-likeness (QED) is 0.440. The Kier molecular flexibility index (Phi) is 5.30. The maximum absolute atomic E-state index is 12.4. The Morgan fingerprint density at radius 2 is 1.83 bits per heavy atom. The van der Waals surface area contributed by atoms with Crippen LogP contribution in [0.2, 0.25) is 0 Å². The number of ether oxygens (including phenoxy) is 1. The molecule has 0 radical (unpaired) electrons. The van der Waals surface area contributed by atoms with Crippen LogP contribution in [0.25, 0.3) is 21.9 Å². The SMILES string of the molecule is COc1cc2c(cc1-c1c(S(=O)(=O)O)ccc3ccccc13)CCC1C2CC[C@@]2(C)C1CC[C@@H]2O. The highest BCUT2D eigenvalue weighted by molar-refractivity contribution is 7.86. The maximum atomic E-state index is 12.4. The van der Waals surface area contributed by atoms with Crippen molar-refractivity contribution in [3.8, 4) is 16.9 Å². The van der Waals surface area contributed by atoms with Crippen LogP contribution in [0.3, 0.4) is 0 Å². The zero-order valence-electron chi connectivity index (χ0n) is 20.2. The minimum Gasteiger partial charge on any atom is -0.496 e. The number of hydrogen-bond donors (Lipinski definition) is 2. The van der Waals surface area contributed by atoms with Crippen LogP contribution in [-0.2, 0) is 16.5 Å². The van der Waals surface area contributed by atoms with Gasteiger partial charge in [-0.05, 0) is 102 Å². The van der Waals surface area contributed by atoms with Crippen molar-refractivity contribution < 1.29 is 22.8 Å². The Bertz CT molecular complexity index is 1430. The van der Waals surface area contributed by atoms with Gasteiger partial charge < -0.3 is 9.84 Å². The van der Waals surface area contributed by atoms with E-state index in [1.807, 2.05) is 24.3 Å². The van der Waals surface area contributed by atoms with Gasteiger partial charge in [-0.2, -0.15) is 8.42 Å². The number of aryl methyl sites for hydroxylation is 1. The third kappa shape index (κ3) is 3.45. The average Bonchev–Trinajstić information content (AvgIpc) is 3.16. The molecule has 5 atom stereocenters. The summed E-state index contributed by atoms with van der Waals surface area (Å²) >= 11 is 0. The van der Waals surface area contributed by atoms with Crippen molar-refractivity contribution in [1.29, 1.82) is 0 Å². The molecule has 3 unspecified atom stereocenters. The molecule has 3 aromatic carbocycles.